The van der Waals surface area contributed by atoms with Gasteiger partial charge < -0.3 is 5.32 Å². The number of aromatic nitrogens is 2. The lowest BCUT2D eigenvalue weighted by Gasteiger charge is -2.09. The fourth-order valence-electron chi connectivity index (χ4n) is 2.17. The van der Waals surface area contributed by atoms with Crippen molar-refractivity contribution in [2.24, 2.45) is 0 Å². The van der Waals surface area contributed by atoms with E-state index in [-0.39, 0.29) is 5.91 Å². The van der Waals surface area contributed by atoms with Crippen molar-refractivity contribution in [3.63, 3.8) is 0 Å². The lowest BCUT2D eigenvalue weighted by molar-refractivity contribution is -0.111. The highest BCUT2D eigenvalue weighted by Crippen LogP contribution is 2.27. The number of nitrogens with zero attached hydrogens (tertiary/aromatic N) is 2. The van der Waals surface area contributed by atoms with Crippen molar-refractivity contribution in [3.8, 4) is 11.1 Å². The highest BCUT2D eigenvalue weighted by molar-refractivity contribution is 7.10. The zero-order valence-corrected chi connectivity index (χ0v) is 13.4. The van der Waals surface area contributed by atoms with E-state index >= 15 is 0 Å². The maximum Gasteiger partial charge on any atom is 0.248 e. The lowest BCUT2D eigenvalue weighted by atomic mass is 10.1. The predicted molar refractivity (Wildman–Crippen MR) is 94.2 cm³/mol. The van der Waals surface area contributed by atoms with E-state index in [1.165, 1.54) is 17.4 Å². The van der Waals surface area contributed by atoms with Gasteiger partial charge in [0, 0.05) is 34.6 Å². The zero-order valence-electron chi connectivity index (χ0n) is 12.6. The average Bonchev–Trinajstić information content (AvgIpc) is 2.99. The molecule has 0 atom stereocenters. The van der Waals surface area contributed by atoms with Gasteiger partial charge in [0.1, 0.15) is 0 Å². The maximum absolute atomic E-state index is 12.2. The minimum Gasteiger partial charge on any atom is -0.322 e. The van der Waals surface area contributed by atoms with Gasteiger partial charge in [-0.25, -0.2) is 4.98 Å². The van der Waals surface area contributed by atoms with Crippen LogP contribution < -0.4 is 5.32 Å². The molecule has 2 aromatic heterocycles. The number of aryl methyl sites for hydroxylation is 1. The molecule has 0 aliphatic rings. The number of thiazole rings is 1. The van der Waals surface area contributed by atoms with Gasteiger partial charge in [-0.05, 0) is 36.8 Å². The highest BCUT2D eigenvalue weighted by Gasteiger charge is 2.06. The normalized spacial score (nSPS) is 10.8. The van der Waals surface area contributed by atoms with Crippen molar-refractivity contribution in [2.75, 3.05) is 5.32 Å². The number of carbonyl (C=O) groups excluding carboxylic acids is 1. The third kappa shape index (κ3) is 3.70. The summed E-state index contributed by atoms with van der Waals surface area (Å²) in [4.78, 5) is 21.4. The van der Waals surface area contributed by atoms with Gasteiger partial charge in [-0.3, -0.25) is 9.78 Å². The first-order chi connectivity index (χ1) is 11.2. The van der Waals surface area contributed by atoms with Gasteiger partial charge in [-0.1, -0.05) is 18.2 Å². The van der Waals surface area contributed by atoms with Crippen LogP contribution in [0.4, 0.5) is 5.69 Å². The molecular formula is C18H15N3OS. The van der Waals surface area contributed by atoms with E-state index in [2.05, 4.69) is 15.3 Å². The van der Waals surface area contributed by atoms with Crippen molar-refractivity contribution in [1.82, 2.24) is 9.97 Å². The van der Waals surface area contributed by atoms with E-state index < -0.39 is 0 Å². The molecule has 0 saturated heterocycles. The first-order valence-electron chi connectivity index (χ1n) is 7.12. The molecule has 0 unspecified atom stereocenters. The van der Waals surface area contributed by atoms with Gasteiger partial charge in [0.2, 0.25) is 5.91 Å². The first-order valence-corrected chi connectivity index (χ1v) is 8.00. The molecule has 1 aromatic carbocycles. The molecule has 3 rings (SSSR count). The summed E-state index contributed by atoms with van der Waals surface area (Å²) >= 11 is 1.51. The summed E-state index contributed by atoms with van der Waals surface area (Å²) in [6.07, 6.45) is 6.79. The second kappa shape index (κ2) is 6.98. The van der Waals surface area contributed by atoms with Gasteiger partial charge in [-0.15, -0.1) is 11.3 Å². The quantitative estimate of drug-likeness (QED) is 0.734. The fraction of sp³-hybridized carbons (Fsp3) is 0.0556. The Labute approximate surface area is 138 Å². The number of carbonyl (C=O) groups is 1. The molecule has 3 aromatic rings. The second-order valence-corrected chi connectivity index (χ2v) is 5.79. The van der Waals surface area contributed by atoms with Crippen LogP contribution in [0.25, 0.3) is 17.2 Å². The molecule has 1 amide bonds. The number of nitrogens with one attached hydrogen (secondary N) is 1. The van der Waals surface area contributed by atoms with Gasteiger partial charge >= 0.3 is 0 Å². The summed E-state index contributed by atoms with van der Waals surface area (Å²) in [6, 6.07) is 11.5. The minimum atomic E-state index is -0.167. The number of hydrogen-bond donors (Lipinski definition) is 1. The molecule has 0 spiro atoms. The third-order valence-corrected chi connectivity index (χ3v) is 4.24. The van der Waals surface area contributed by atoms with Crippen LogP contribution in [0.1, 0.15) is 10.6 Å². The molecule has 2 heterocycles. The second-order valence-electron chi connectivity index (χ2n) is 4.91. The molecular weight excluding hydrogens is 306 g/mol. The Balaban J connectivity index is 1.80. The van der Waals surface area contributed by atoms with E-state index in [9.17, 15) is 4.79 Å². The molecule has 0 radical (unpaired) electrons. The van der Waals surface area contributed by atoms with E-state index in [1.54, 1.807) is 24.0 Å². The molecule has 114 valence electrons. The van der Waals surface area contributed by atoms with Crippen LogP contribution in [0.15, 0.2) is 60.4 Å². The number of hydrogen-bond acceptors (Lipinski definition) is 4. The SMILES string of the molecule is Cc1ncsc1/C=C/C(=O)Nc1ccccc1-c1ccncc1. The molecule has 4 nitrogen and oxygen atoms in total. The summed E-state index contributed by atoms with van der Waals surface area (Å²) in [6.45, 7) is 1.92. The van der Waals surface area contributed by atoms with Crippen molar-refractivity contribution in [3.05, 3.63) is 70.9 Å². The monoisotopic (exact) mass is 321 g/mol. The van der Waals surface area contributed by atoms with Crippen LogP contribution in [0, 0.1) is 6.92 Å². The number of rotatable bonds is 4. The molecule has 23 heavy (non-hydrogen) atoms. The van der Waals surface area contributed by atoms with E-state index in [0.717, 1.165) is 27.4 Å². The summed E-state index contributed by atoms with van der Waals surface area (Å²) in [5.41, 5.74) is 5.44. The predicted octanol–water partition coefficient (Wildman–Crippen LogP) is 4.17. The van der Waals surface area contributed by atoms with Gasteiger partial charge in [-0.2, -0.15) is 0 Å². The van der Waals surface area contributed by atoms with Crippen LogP contribution in [0.3, 0.4) is 0 Å². The summed E-state index contributed by atoms with van der Waals surface area (Å²) in [7, 11) is 0. The Morgan fingerprint density at radius 1 is 1.17 bits per heavy atom. The third-order valence-electron chi connectivity index (χ3n) is 3.34. The molecule has 0 bridgehead atoms. The molecule has 0 fully saturated rings. The van der Waals surface area contributed by atoms with E-state index in [4.69, 9.17) is 0 Å². The van der Waals surface area contributed by atoms with Crippen molar-refractivity contribution >= 4 is 29.0 Å². The van der Waals surface area contributed by atoms with Crippen LogP contribution >= 0.6 is 11.3 Å². The van der Waals surface area contributed by atoms with E-state index in [1.807, 2.05) is 43.3 Å². The summed E-state index contributed by atoms with van der Waals surface area (Å²) in [5.74, 6) is -0.167. The van der Waals surface area contributed by atoms with Crippen molar-refractivity contribution < 1.29 is 4.79 Å². The van der Waals surface area contributed by atoms with Crippen molar-refractivity contribution in [1.29, 1.82) is 0 Å². The summed E-state index contributed by atoms with van der Waals surface area (Å²) < 4.78 is 0. The van der Waals surface area contributed by atoms with Crippen LogP contribution in [0.5, 0.6) is 0 Å². The minimum absolute atomic E-state index is 0.167. The Kier molecular flexibility index (Phi) is 4.59. The number of amides is 1. The largest absolute Gasteiger partial charge is 0.322 e. The summed E-state index contributed by atoms with van der Waals surface area (Å²) in [5, 5.41) is 2.93. The Morgan fingerprint density at radius 3 is 2.70 bits per heavy atom. The zero-order chi connectivity index (χ0) is 16.1. The topological polar surface area (TPSA) is 54.9 Å². The smallest absolute Gasteiger partial charge is 0.248 e. The van der Waals surface area contributed by atoms with Crippen molar-refractivity contribution in [2.45, 2.75) is 6.92 Å². The molecule has 0 aliphatic heterocycles. The molecule has 0 aliphatic carbocycles. The van der Waals surface area contributed by atoms with Crippen LogP contribution in [0.2, 0.25) is 0 Å². The molecule has 0 saturated carbocycles. The van der Waals surface area contributed by atoms with Crippen LogP contribution in [-0.4, -0.2) is 15.9 Å². The standard InChI is InChI=1S/C18H15N3OS/c1-13-17(23-12-20-13)6-7-18(22)21-16-5-3-2-4-15(16)14-8-10-19-11-9-14/h2-12H,1H3,(H,21,22)/b7-6+. The number of anilines is 1. The van der Waals surface area contributed by atoms with Gasteiger partial charge in [0.15, 0.2) is 0 Å². The Hall–Kier alpha value is -2.79. The molecule has 1 N–H and O–H groups in total. The Bertz CT molecular complexity index is 840. The fourth-order valence-corrected chi connectivity index (χ4v) is 2.87. The molecule has 5 heteroatoms. The lowest BCUT2D eigenvalue weighted by Crippen LogP contribution is -2.08. The van der Waals surface area contributed by atoms with E-state index in [0.29, 0.717) is 0 Å². The first kappa shape index (κ1) is 15.1. The number of para-hydroxylation sites is 1. The Morgan fingerprint density at radius 2 is 1.96 bits per heavy atom. The average molecular weight is 321 g/mol. The maximum atomic E-state index is 12.2. The highest BCUT2D eigenvalue weighted by atomic mass is 32.1. The number of pyridine rings is 1. The van der Waals surface area contributed by atoms with Gasteiger partial charge in [0.25, 0.3) is 0 Å². The number of benzene rings is 1. The van der Waals surface area contributed by atoms with Crippen LogP contribution in [-0.2, 0) is 4.79 Å². The van der Waals surface area contributed by atoms with Gasteiger partial charge in [0.05, 0.1) is 11.2 Å².